The van der Waals surface area contributed by atoms with E-state index < -0.39 is 23.5 Å². The summed E-state index contributed by atoms with van der Waals surface area (Å²) < 4.78 is 32.3. The lowest BCUT2D eigenvalue weighted by atomic mass is 9.94. The van der Waals surface area contributed by atoms with Gasteiger partial charge in [-0.05, 0) is 31.0 Å². The number of aliphatic carboxylic acids is 1. The Kier molecular flexibility index (Phi) is 5.47. The standard InChI is InChI=1S/C17H16F2O3/c18-14-8-2-1-6-12(14)13(17(20)21)7-5-11-22-16-10-4-3-9-15(16)19/h1-4,6,8-10,13H,5,7,11H2,(H,20,21). The molecule has 116 valence electrons. The molecule has 0 aliphatic heterocycles. The van der Waals surface area contributed by atoms with Crippen LogP contribution in [0.15, 0.2) is 48.5 Å². The topological polar surface area (TPSA) is 46.5 Å². The molecule has 1 N–H and O–H groups in total. The van der Waals surface area contributed by atoms with Crippen LogP contribution in [0.3, 0.4) is 0 Å². The Bertz CT molecular complexity index is 643. The number of carbonyl (C=O) groups is 1. The summed E-state index contributed by atoms with van der Waals surface area (Å²) in [6.45, 7) is 0.166. The molecule has 2 aromatic carbocycles. The van der Waals surface area contributed by atoms with Crippen molar-refractivity contribution in [2.75, 3.05) is 6.61 Å². The van der Waals surface area contributed by atoms with Crippen molar-refractivity contribution >= 4 is 5.97 Å². The predicted octanol–water partition coefficient (Wildman–Crippen LogP) is 3.99. The smallest absolute Gasteiger partial charge is 0.311 e. The molecular formula is C17H16F2O3. The summed E-state index contributed by atoms with van der Waals surface area (Å²) in [6.07, 6.45) is 0.588. The van der Waals surface area contributed by atoms with Crippen LogP contribution in [0.1, 0.15) is 24.3 Å². The second kappa shape index (κ2) is 7.54. The highest BCUT2D eigenvalue weighted by Gasteiger charge is 2.22. The van der Waals surface area contributed by atoms with Gasteiger partial charge in [-0.15, -0.1) is 0 Å². The highest BCUT2D eigenvalue weighted by atomic mass is 19.1. The predicted molar refractivity (Wildman–Crippen MR) is 77.9 cm³/mol. The Balaban J connectivity index is 1.92. The highest BCUT2D eigenvalue weighted by Crippen LogP contribution is 2.24. The molecule has 0 radical (unpaired) electrons. The zero-order valence-corrected chi connectivity index (χ0v) is 11.8. The van der Waals surface area contributed by atoms with Crippen LogP contribution < -0.4 is 4.74 Å². The van der Waals surface area contributed by atoms with Crippen molar-refractivity contribution in [2.24, 2.45) is 0 Å². The van der Waals surface area contributed by atoms with E-state index in [0.717, 1.165) is 0 Å². The van der Waals surface area contributed by atoms with Crippen LogP contribution >= 0.6 is 0 Å². The first-order chi connectivity index (χ1) is 10.6. The van der Waals surface area contributed by atoms with Gasteiger partial charge in [0.15, 0.2) is 11.6 Å². The zero-order chi connectivity index (χ0) is 15.9. The van der Waals surface area contributed by atoms with Crippen LogP contribution in [-0.2, 0) is 4.79 Å². The van der Waals surface area contributed by atoms with E-state index in [1.165, 1.54) is 30.3 Å². The summed E-state index contributed by atoms with van der Waals surface area (Å²) in [6, 6.07) is 11.8. The molecular weight excluding hydrogens is 290 g/mol. The first-order valence-electron chi connectivity index (χ1n) is 6.94. The third kappa shape index (κ3) is 4.04. The Morgan fingerprint density at radius 3 is 2.32 bits per heavy atom. The van der Waals surface area contributed by atoms with E-state index in [2.05, 4.69) is 0 Å². The minimum absolute atomic E-state index is 0.125. The SMILES string of the molecule is O=C(O)C(CCCOc1ccccc1F)c1ccccc1F. The van der Waals surface area contributed by atoms with Gasteiger partial charge in [-0.1, -0.05) is 30.3 Å². The van der Waals surface area contributed by atoms with Crippen molar-refractivity contribution < 1.29 is 23.4 Å². The molecule has 0 spiro atoms. The fraction of sp³-hybridized carbons (Fsp3) is 0.235. The molecule has 5 heteroatoms. The summed E-state index contributed by atoms with van der Waals surface area (Å²) >= 11 is 0. The summed E-state index contributed by atoms with van der Waals surface area (Å²) in [4.78, 5) is 11.3. The number of hydrogen-bond acceptors (Lipinski definition) is 2. The monoisotopic (exact) mass is 306 g/mol. The third-order valence-corrected chi connectivity index (χ3v) is 3.31. The number of carboxylic acid groups (broad SMARTS) is 1. The van der Waals surface area contributed by atoms with Crippen LogP contribution in [-0.4, -0.2) is 17.7 Å². The maximum Gasteiger partial charge on any atom is 0.311 e. The molecule has 2 aromatic rings. The normalized spacial score (nSPS) is 11.9. The molecule has 3 nitrogen and oxygen atoms in total. The molecule has 0 aliphatic rings. The molecule has 0 heterocycles. The van der Waals surface area contributed by atoms with E-state index in [9.17, 15) is 18.7 Å². The van der Waals surface area contributed by atoms with Crippen molar-refractivity contribution in [1.82, 2.24) is 0 Å². The van der Waals surface area contributed by atoms with Gasteiger partial charge in [0.1, 0.15) is 5.82 Å². The Labute approximate surface area is 127 Å². The van der Waals surface area contributed by atoms with Crippen molar-refractivity contribution in [3.63, 3.8) is 0 Å². The van der Waals surface area contributed by atoms with E-state index in [4.69, 9.17) is 4.74 Å². The first-order valence-corrected chi connectivity index (χ1v) is 6.94. The highest BCUT2D eigenvalue weighted by molar-refractivity contribution is 5.76. The largest absolute Gasteiger partial charge is 0.491 e. The summed E-state index contributed by atoms with van der Waals surface area (Å²) in [7, 11) is 0. The van der Waals surface area contributed by atoms with Crippen LogP contribution in [0, 0.1) is 11.6 Å². The van der Waals surface area contributed by atoms with E-state index in [0.29, 0.717) is 6.42 Å². The van der Waals surface area contributed by atoms with Crippen molar-refractivity contribution in [1.29, 1.82) is 0 Å². The number of para-hydroxylation sites is 1. The molecule has 0 saturated carbocycles. The van der Waals surface area contributed by atoms with Gasteiger partial charge in [0.2, 0.25) is 0 Å². The van der Waals surface area contributed by atoms with Gasteiger partial charge in [0.05, 0.1) is 12.5 Å². The molecule has 2 rings (SSSR count). The average Bonchev–Trinajstić information content (AvgIpc) is 2.50. The third-order valence-electron chi connectivity index (χ3n) is 3.31. The van der Waals surface area contributed by atoms with E-state index >= 15 is 0 Å². The Morgan fingerprint density at radius 1 is 1.05 bits per heavy atom. The van der Waals surface area contributed by atoms with Gasteiger partial charge in [0, 0.05) is 5.56 Å². The van der Waals surface area contributed by atoms with E-state index in [1.807, 2.05) is 0 Å². The van der Waals surface area contributed by atoms with Gasteiger partial charge < -0.3 is 9.84 Å². The lowest BCUT2D eigenvalue weighted by Gasteiger charge is -2.14. The average molecular weight is 306 g/mol. The molecule has 22 heavy (non-hydrogen) atoms. The van der Waals surface area contributed by atoms with Crippen LogP contribution in [0.5, 0.6) is 5.75 Å². The molecule has 0 aromatic heterocycles. The summed E-state index contributed by atoms with van der Waals surface area (Å²) in [5, 5.41) is 9.24. The lowest BCUT2D eigenvalue weighted by molar-refractivity contribution is -0.139. The van der Waals surface area contributed by atoms with Gasteiger partial charge >= 0.3 is 5.97 Å². The summed E-state index contributed by atoms with van der Waals surface area (Å²) in [5.74, 6) is -2.90. The molecule has 0 amide bonds. The van der Waals surface area contributed by atoms with E-state index in [1.54, 1.807) is 18.2 Å². The zero-order valence-electron chi connectivity index (χ0n) is 11.8. The molecule has 0 fully saturated rings. The number of rotatable bonds is 7. The van der Waals surface area contributed by atoms with Crippen LogP contribution in [0.25, 0.3) is 0 Å². The molecule has 0 bridgehead atoms. The van der Waals surface area contributed by atoms with Gasteiger partial charge in [0.25, 0.3) is 0 Å². The maximum atomic E-state index is 13.7. The van der Waals surface area contributed by atoms with Crippen molar-refractivity contribution in [3.8, 4) is 5.75 Å². The summed E-state index contributed by atoms with van der Waals surface area (Å²) in [5.41, 5.74) is 0.154. The second-order valence-electron chi connectivity index (χ2n) is 4.83. The number of carboxylic acids is 1. The Hall–Kier alpha value is -2.43. The number of ether oxygens (including phenoxy) is 1. The van der Waals surface area contributed by atoms with Gasteiger partial charge in [-0.2, -0.15) is 0 Å². The molecule has 0 saturated heterocycles. The van der Waals surface area contributed by atoms with E-state index in [-0.39, 0.29) is 24.3 Å². The fourth-order valence-electron chi connectivity index (χ4n) is 2.20. The number of hydrogen-bond donors (Lipinski definition) is 1. The minimum Gasteiger partial charge on any atom is -0.491 e. The van der Waals surface area contributed by atoms with Crippen LogP contribution in [0.2, 0.25) is 0 Å². The Morgan fingerprint density at radius 2 is 1.68 bits per heavy atom. The van der Waals surface area contributed by atoms with Gasteiger partial charge in [-0.25, -0.2) is 8.78 Å². The molecule has 0 aliphatic carbocycles. The van der Waals surface area contributed by atoms with Crippen molar-refractivity contribution in [2.45, 2.75) is 18.8 Å². The quantitative estimate of drug-likeness (QED) is 0.787. The number of benzene rings is 2. The lowest BCUT2D eigenvalue weighted by Crippen LogP contribution is -2.14. The maximum absolute atomic E-state index is 13.7. The van der Waals surface area contributed by atoms with Crippen LogP contribution in [0.4, 0.5) is 8.78 Å². The minimum atomic E-state index is -1.09. The first kappa shape index (κ1) is 15.9. The van der Waals surface area contributed by atoms with Gasteiger partial charge in [-0.3, -0.25) is 4.79 Å². The molecule has 1 unspecified atom stereocenters. The van der Waals surface area contributed by atoms with Crippen molar-refractivity contribution in [3.05, 3.63) is 65.7 Å². The second-order valence-corrected chi connectivity index (χ2v) is 4.83. The molecule has 1 atom stereocenters. The number of halogens is 2. The fourth-order valence-corrected chi connectivity index (χ4v) is 2.20.